The number of esters is 1. The molecule has 1 atom stereocenters. The summed E-state index contributed by atoms with van der Waals surface area (Å²) in [5.41, 5.74) is 0.518. The van der Waals surface area contributed by atoms with Gasteiger partial charge in [0, 0.05) is 15.8 Å². The van der Waals surface area contributed by atoms with Crippen molar-refractivity contribution in [3.05, 3.63) is 70.8 Å². The number of carbonyl (C=O) groups is 2. The lowest BCUT2D eigenvalue weighted by molar-refractivity contribution is -0.147. The number of nitrogens with zero attached hydrogens (tertiary/aromatic N) is 1. The Hall–Kier alpha value is -2.60. The first kappa shape index (κ1) is 18.2. The number of anilines is 2. The Labute approximate surface area is 160 Å². The van der Waals surface area contributed by atoms with Crippen molar-refractivity contribution in [2.75, 3.05) is 16.8 Å². The Morgan fingerprint density at radius 1 is 1.15 bits per heavy atom. The lowest BCUT2D eigenvalue weighted by Crippen LogP contribution is -2.51. The molecule has 0 saturated carbocycles. The molecule has 0 bridgehead atoms. The minimum atomic E-state index is -1.22. The van der Waals surface area contributed by atoms with Gasteiger partial charge in [-0.05, 0) is 56.3 Å². The fraction of sp³-hybridized carbons (Fsp3) is 0.200. The van der Waals surface area contributed by atoms with Gasteiger partial charge in [-0.1, -0.05) is 34.1 Å². The van der Waals surface area contributed by atoms with Gasteiger partial charge in [0.25, 0.3) is 5.91 Å². The van der Waals surface area contributed by atoms with Gasteiger partial charge >= 0.3 is 5.97 Å². The van der Waals surface area contributed by atoms with Crippen LogP contribution >= 0.6 is 15.9 Å². The number of ether oxygens (including phenoxy) is 1. The molecule has 1 heterocycles. The van der Waals surface area contributed by atoms with E-state index in [9.17, 15) is 9.59 Å². The largest absolute Gasteiger partial charge is 0.464 e. The standard InChI is InChI=1S/C20H19BrN2O3/c1-3-26-19(25)20(2)13-17(22-15-11-9-14(21)10-12-15)18(24)23(20)16-7-5-4-6-8-16/h4-13,22H,3H2,1-2H3/t20-/m0/s1. The fourth-order valence-corrected chi connectivity index (χ4v) is 3.17. The van der Waals surface area contributed by atoms with Crippen molar-refractivity contribution < 1.29 is 14.3 Å². The summed E-state index contributed by atoms with van der Waals surface area (Å²) in [5.74, 6) is -0.750. The number of hydrogen-bond acceptors (Lipinski definition) is 4. The molecule has 2 aromatic carbocycles. The normalized spacial score (nSPS) is 19.3. The van der Waals surface area contributed by atoms with E-state index in [4.69, 9.17) is 4.74 Å². The summed E-state index contributed by atoms with van der Waals surface area (Å²) in [6.45, 7) is 3.68. The van der Waals surface area contributed by atoms with E-state index in [2.05, 4.69) is 21.2 Å². The second-order valence-corrected chi connectivity index (χ2v) is 6.95. The lowest BCUT2D eigenvalue weighted by Gasteiger charge is -2.32. The van der Waals surface area contributed by atoms with Crippen molar-refractivity contribution in [2.45, 2.75) is 19.4 Å². The number of carbonyl (C=O) groups excluding carboxylic acids is 2. The lowest BCUT2D eigenvalue weighted by atomic mass is 10.0. The number of amides is 1. The van der Waals surface area contributed by atoms with Crippen LogP contribution in [0.15, 0.2) is 70.8 Å². The molecule has 1 amide bonds. The SMILES string of the molecule is CCOC(=O)[C@]1(C)C=C(Nc2ccc(Br)cc2)C(=O)N1c1ccccc1. The Morgan fingerprint density at radius 2 is 1.81 bits per heavy atom. The van der Waals surface area contributed by atoms with E-state index in [0.717, 1.165) is 10.2 Å². The molecule has 2 aromatic rings. The summed E-state index contributed by atoms with van der Waals surface area (Å²) < 4.78 is 6.17. The summed E-state index contributed by atoms with van der Waals surface area (Å²) >= 11 is 3.39. The third-order valence-electron chi connectivity index (χ3n) is 4.15. The maximum Gasteiger partial charge on any atom is 0.336 e. The Balaban J connectivity index is 1.99. The first-order chi connectivity index (χ1) is 12.5. The quantitative estimate of drug-likeness (QED) is 0.747. The molecule has 1 aliphatic rings. The van der Waals surface area contributed by atoms with Crippen molar-refractivity contribution in [2.24, 2.45) is 0 Å². The smallest absolute Gasteiger partial charge is 0.336 e. The molecule has 0 fully saturated rings. The van der Waals surface area contributed by atoms with E-state index < -0.39 is 11.5 Å². The van der Waals surface area contributed by atoms with Crippen LogP contribution < -0.4 is 10.2 Å². The predicted octanol–water partition coefficient (Wildman–Crippen LogP) is 4.11. The van der Waals surface area contributed by atoms with E-state index in [-0.39, 0.29) is 12.5 Å². The molecule has 3 rings (SSSR count). The van der Waals surface area contributed by atoms with Crippen molar-refractivity contribution in [1.82, 2.24) is 0 Å². The average Bonchev–Trinajstić information content (AvgIpc) is 2.89. The van der Waals surface area contributed by atoms with Crippen molar-refractivity contribution in [3.63, 3.8) is 0 Å². The summed E-state index contributed by atoms with van der Waals surface area (Å²) in [6, 6.07) is 16.6. The van der Waals surface area contributed by atoms with Crippen LogP contribution in [-0.2, 0) is 14.3 Å². The fourth-order valence-electron chi connectivity index (χ4n) is 2.91. The second-order valence-electron chi connectivity index (χ2n) is 6.03. The zero-order valence-electron chi connectivity index (χ0n) is 14.5. The zero-order chi connectivity index (χ0) is 18.7. The van der Waals surface area contributed by atoms with Crippen molar-refractivity contribution in [1.29, 1.82) is 0 Å². The molecular formula is C20H19BrN2O3. The Kier molecular flexibility index (Phi) is 5.13. The van der Waals surface area contributed by atoms with E-state index in [0.29, 0.717) is 11.4 Å². The van der Waals surface area contributed by atoms with Crippen LogP contribution in [0.4, 0.5) is 11.4 Å². The zero-order valence-corrected chi connectivity index (χ0v) is 16.1. The highest BCUT2D eigenvalue weighted by atomic mass is 79.9. The molecule has 5 nitrogen and oxygen atoms in total. The molecule has 6 heteroatoms. The van der Waals surface area contributed by atoms with Gasteiger partial charge in [-0.15, -0.1) is 0 Å². The maximum atomic E-state index is 13.1. The topological polar surface area (TPSA) is 58.6 Å². The van der Waals surface area contributed by atoms with E-state index >= 15 is 0 Å². The summed E-state index contributed by atoms with van der Waals surface area (Å²) in [4.78, 5) is 27.2. The number of nitrogens with one attached hydrogen (secondary N) is 1. The summed E-state index contributed by atoms with van der Waals surface area (Å²) in [5, 5.41) is 3.11. The number of hydrogen-bond donors (Lipinski definition) is 1. The highest BCUT2D eigenvalue weighted by Gasteiger charge is 2.49. The Morgan fingerprint density at radius 3 is 2.42 bits per heavy atom. The van der Waals surface area contributed by atoms with E-state index in [1.807, 2.05) is 42.5 Å². The highest BCUT2D eigenvalue weighted by Crippen LogP contribution is 2.35. The third-order valence-corrected chi connectivity index (χ3v) is 4.68. The highest BCUT2D eigenvalue weighted by molar-refractivity contribution is 9.10. The average molecular weight is 415 g/mol. The number of rotatable bonds is 5. The van der Waals surface area contributed by atoms with Gasteiger partial charge in [0.2, 0.25) is 0 Å². The summed E-state index contributed by atoms with van der Waals surface area (Å²) in [6.07, 6.45) is 1.63. The van der Waals surface area contributed by atoms with Crippen LogP contribution in [0, 0.1) is 0 Å². The number of halogens is 1. The molecule has 0 aromatic heterocycles. The molecule has 134 valence electrons. The van der Waals surface area contributed by atoms with Crippen LogP contribution in [-0.4, -0.2) is 24.0 Å². The molecule has 1 aliphatic heterocycles. The van der Waals surface area contributed by atoms with E-state index in [1.54, 1.807) is 32.1 Å². The molecule has 0 aliphatic carbocycles. The predicted molar refractivity (Wildman–Crippen MR) is 105 cm³/mol. The van der Waals surface area contributed by atoms with Gasteiger partial charge < -0.3 is 10.1 Å². The summed E-state index contributed by atoms with van der Waals surface area (Å²) in [7, 11) is 0. The van der Waals surface area contributed by atoms with Crippen LogP contribution in [0.2, 0.25) is 0 Å². The minimum absolute atomic E-state index is 0.245. The maximum absolute atomic E-state index is 13.1. The third kappa shape index (κ3) is 3.37. The molecule has 0 saturated heterocycles. The first-order valence-electron chi connectivity index (χ1n) is 8.28. The van der Waals surface area contributed by atoms with Crippen LogP contribution in [0.3, 0.4) is 0 Å². The van der Waals surface area contributed by atoms with E-state index in [1.165, 1.54) is 4.90 Å². The first-order valence-corrected chi connectivity index (χ1v) is 9.07. The minimum Gasteiger partial charge on any atom is -0.464 e. The monoisotopic (exact) mass is 414 g/mol. The molecule has 26 heavy (non-hydrogen) atoms. The number of para-hydroxylation sites is 1. The van der Waals surface area contributed by atoms with Crippen LogP contribution in [0.25, 0.3) is 0 Å². The Bertz CT molecular complexity index is 849. The van der Waals surface area contributed by atoms with Gasteiger partial charge in [0.05, 0.1) is 6.61 Å². The van der Waals surface area contributed by atoms with Crippen LogP contribution in [0.5, 0.6) is 0 Å². The van der Waals surface area contributed by atoms with Gasteiger partial charge in [-0.25, -0.2) is 4.79 Å². The van der Waals surface area contributed by atoms with Crippen LogP contribution in [0.1, 0.15) is 13.8 Å². The van der Waals surface area contributed by atoms with Crippen molar-refractivity contribution >= 4 is 39.2 Å². The molecule has 0 spiro atoms. The molecule has 1 N–H and O–H groups in total. The molecule has 0 radical (unpaired) electrons. The van der Waals surface area contributed by atoms with Crippen molar-refractivity contribution in [3.8, 4) is 0 Å². The van der Waals surface area contributed by atoms with Gasteiger partial charge in [0.15, 0.2) is 5.54 Å². The second kappa shape index (κ2) is 7.33. The van der Waals surface area contributed by atoms with Gasteiger partial charge in [0.1, 0.15) is 5.70 Å². The molecule has 0 unspecified atom stereocenters. The van der Waals surface area contributed by atoms with Gasteiger partial charge in [-0.3, -0.25) is 9.69 Å². The van der Waals surface area contributed by atoms with Gasteiger partial charge in [-0.2, -0.15) is 0 Å². The number of benzene rings is 2. The molecular weight excluding hydrogens is 396 g/mol.